The minimum Gasteiger partial charge on any atom is -0.322 e. The van der Waals surface area contributed by atoms with Crippen LogP contribution in [0.3, 0.4) is 0 Å². The van der Waals surface area contributed by atoms with Crippen LogP contribution >= 0.6 is 0 Å². The standard InChI is InChI=1S/C15H15FN2O3S/c1-2-22(20,21)18-13-8-6-11(7-9-13)15(19)17-14-5-3-4-12(16)10-14/h3-10,18H,2H2,1H3,(H,17,19). The molecule has 0 aliphatic carbocycles. The Morgan fingerprint density at radius 2 is 1.77 bits per heavy atom. The molecule has 0 aliphatic heterocycles. The maximum absolute atomic E-state index is 13.0. The van der Waals surface area contributed by atoms with E-state index in [-0.39, 0.29) is 5.75 Å². The maximum atomic E-state index is 13.0. The predicted octanol–water partition coefficient (Wildman–Crippen LogP) is 2.84. The van der Waals surface area contributed by atoms with Crippen molar-refractivity contribution < 1.29 is 17.6 Å². The lowest BCUT2D eigenvalue weighted by Crippen LogP contribution is -2.15. The molecule has 2 aromatic rings. The molecular weight excluding hydrogens is 307 g/mol. The number of sulfonamides is 1. The van der Waals surface area contributed by atoms with Crippen LogP contribution in [0.25, 0.3) is 0 Å². The number of amides is 1. The number of rotatable bonds is 5. The molecule has 0 fully saturated rings. The van der Waals surface area contributed by atoms with Gasteiger partial charge in [0.1, 0.15) is 5.82 Å². The van der Waals surface area contributed by atoms with Crippen LogP contribution in [0.5, 0.6) is 0 Å². The van der Waals surface area contributed by atoms with Gasteiger partial charge in [0.15, 0.2) is 0 Å². The van der Waals surface area contributed by atoms with Crippen molar-refractivity contribution in [3.8, 4) is 0 Å². The number of hydrogen-bond acceptors (Lipinski definition) is 3. The summed E-state index contributed by atoms with van der Waals surface area (Å²) in [4.78, 5) is 12.0. The molecule has 0 heterocycles. The average molecular weight is 322 g/mol. The van der Waals surface area contributed by atoms with Crippen molar-refractivity contribution in [2.45, 2.75) is 6.92 Å². The highest BCUT2D eigenvalue weighted by Crippen LogP contribution is 2.14. The third-order valence-corrected chi connectivity index (χ3v) is 4.19. The van der Waals surface area contributed by atoms with E-state index in [9.17, 15) is 17.6 Å². The average Bonchev–Trinajstić information content (AvgIpc) is 2.47. The van der Waals surface area contributed by atoms with E-state index in [0.717, 1.165) is 0 Å². The number of carbonyl (C=O) groups is 1. The topological polar surface area (TPSA) is 75.3 Å². The Labute approximate surface area is 128 Å². The normalized spacial score (nSPS) is 11.0. The van der Waals surface area contributed by atoms with E-state index in [1.54, 1.807) is 6.07 Å². The van der Waals surface area contributed by atoms with E-state index in [4.69, 9.17) is 0 Å². The van der Waals surface area contributed by atoms with E-state index < -0.39 is 21.7 Å². The lowest BCUT2D eigenvalue weighted by molar-refractivity contribution is 0.102. The molecule has 0 aromatic heterocycles. The molecule has 0 aliphatic rings. The van der Waals surface area contributed by atoms with Crippen molar-refractivity contribution in [3.05, 3.63) is 59.9 Å². The monoisotopic (exact) mass is 322 g/mol. The maximum Gasteiger partial charge on any atom is 0.255 e. The van der Waals surface area contributed by atoms with Crippen molar-refractivity contribution in [2.75, 3.05) is 15.8 Å². The fourth-order valence-electron chi connectivity index (χ4n) is 1.71. The molecule has 1 amide bonds. The van der Waals surface area contributed by atoms with Gasteiger partial charge in [-0.05, 0) is 49.4 Å². The zero-order chi connectivity index (χ0) is 16.2. The van der Waals surface area contributed by atoms with Crippen molar-refractivity contribution in [1.82, 2.24) is 0 Å². The molecule has 0 unspecified atom stereocenters. The first-order valence-electron chi connectivity index (χ1n) is 6.57. The number of nitrogens with one attached hydrogen (secondary N) is 2. The zero-order valence-electron chi connectivity index (χ0n) is 11.8. The first-order valence-corrected chi connectivity index (χ1v) is 8.22. The zero-order valence-corrected chi connectivity index (χ0v) is 12.7. The molecule has 0 saturated heterocycles. The number of anilines is 2. The number of hydrogen-bond donors (Lipinski definition) is 2. The number of halogens is 1. The number of carbonyl (C=O) groups excluding carboxylic acids is 1. The molecule has 2 N–H and O–H groups in total. The predicted molar refractivity (Wildman–Crippen MR) is 83.9 cm³/mol. The summed E-state index contributed by atoms with van der Waals surface area (Å²) in [5.41, 5.74) is 1.06. The van der Waals surface area contributed by atoms with Crippen LogP contribution in [0, 0.1) is 5.82 Å². The molecule has 2 rings (SSSR count). The van der Waals surface area contributed by atoms with Crippen molar-refractivity contribution in [1.29, 1.82) is 0 Å². The van der Waals surface area contributed by atoms with Crippen molar-refractivity contribution in [2.24, 2.45) is 0 Å². The van der Waals surface area contributed by atoms with E-state index >= 15 is 0 Å². The smallest absolute Gasteiger partial charge is 0.255 e. The Morgan fingerprint density at radius 3 is 2.36 bits per heavy atom. The Balaban J connectivity index is 2.08. The summed E-state index contributed by atoms with van der Waals surface area (Å²) in [5.74, 6) is -0.882. The van der Waals surface area contributed by atoms with Gasteiger partial charge in [0, 0.05) is 16.9 Å². The van der Waals surface area contributed by atoms with Gasteiger partial charge >= 0.3 is 0 Å². The molecule has 5 nitrogen and oxygen atoms in total. The molecule has 2 aromatic carbocycles. The van der Waals surface area contributed by atoms with Gasteiger partial charge in [-0.2, -0.15) is 0 Å². The molecule has 0 spiro atoms. The molecule has 0 atom stereocenters. The van der Waals surface area contributed by atoms with Crippen LogP contribution in [0.15, 0.2) is 48.5 Å². The Hall–Kier alpha value is -2.41. The van der Waals surface area contributed by atoms with Gasteiger partial charge in [-0.25, -0.2) is 12.8 Å². The van der Waals surface area contributed by atoms with Crippen LogP contribution in [0.1, 0.15) is 17.3 Å². The lowest BCUT2D eigenvalue weighted by Gasteiger charge is -2.08. The fraction of sp³-hybridized carbons (Fsp3) is 0.133. The molecular formula is C15H15FN2O3S. The van der Waals surface area contributed by atoms with Crippen LogP contribution in [0.4, 0.5) is 15.8 Å². The van der Waals surface area contributed by atoms with E-state index in [1.165, 1.54) is 49.4 Å². The number of benzene rings is 2. The second kappa shape index (κ2) is 6.57. The van der Waals surface area contributed by atoms with Gasteiger partial charge < -0.3 is 5.32 Å². The van der Waals surface area contributed by atoms with Gasteiger partial charge in [-0.1, -0.05) is 6.07 Å². The summed E-state index contributed by atoms with van der Waals surface area (Å²) in [6, 6.07) is 11.5. The molecule has 7 heteroatoms. The largest absolute Gasteiger partial charge is 0.322 e. The van der Waals surface area contributed by atoms with Crippen molar-refractivity contribution in [3.63, 3.8) is 0 Å². The Morgan fingerprint density at radius 1 is 1.09 bits per heavy atom. The Bertz CT molecular complexity index is 774. The summed E-state index contributed by atoms with van der Waals surface area (Å²) in [7, 11) is -3.35. The highest BCUT2D eigenvalue weighted by atomic mass is 32.2. The van der Waals surface area contributed by atoms with Gasteiger partial charge in [0.2, 0.25) is 10.0 Å². The van der Waals surface area contributed by atoms with Crippen LogP contribution in [-0.4, -0.2) is 20.1 Å². The van der Waals surface area contributed by atoms with Crippen molar-refractivity contribution >= 4 is 27.3 Å². The van der Waals surface area contributed by atoms with Crippen LogP contribution in [-0.2, 0) is 10.0 Å². The molecule has 0 saturated carbocycles. The van der Waals surface area contributed by atoms with Gasteiger partial charge in [0.05, 0.1) is 5.75 Å². The fourth-order valence-corrected chi connectivity index (χ4v) is 2.35. The molecule has 0 bridgehead atoms. The third-order valence-electron chi connectivity index (χ3n) is 2.88. The lowest BCUT2D eigenvalue weighted by atomic mass is 10.2. The summed E-state index contributed by atoms with van der Waals surface area (Å²) in [5, 5.41) is 2.56. The van der Waals surface area contributed by atoms with Gasteiger partial charge in [0.25, 0.3) is 5.91 Å². The second-order valence-corrected chi connectivity index (χ2v) is 6.56. The first-order chi connectivity index (χ1) is 10.4. The first kappa shape index (κ1) is 16.0. The highest BCUT2D eigenvalue weighted by molar-refractivity contribution is 7.92. The molecule has 116 valence electrons. The summed E-state index contributed by atoms with van der Waals surface area (Å²) < 4.78 is 38.3. The third kappa shape index (κ3) is 4.29. The molecule has 0 radical (unpaired) electrons. The summed E-state index contributed by atoms with van der Waals surface area (Å²) in [6.45, 7) is 1.53. The van der Waals surface area contributed by atoms with E-state index in [2.05, 4.69) is 10.0 Å². The van der Waals surface area contributed by atoms with Gasteiger partial charge in [-0.15, -0.1) is 0 Å². The minimum atomic E-state index is -3.35. The second-order valence-electron chi connectivity index (χ2n) is 4.55. The SMILES string of the molecule is CCS(=O)(=O)Nc1ccc(C(=O)Nc2cccc(F)c2)cc1. The van der Waals surface area contributed by atoms with E-state index in [0.29, 0.717) is 16.9 Å². The Kier molecular flexibility index (Phi) is 4.77. The summed E-state index contributed by atoms with van der Waals surface area (Å²) >= 11 is 0. The molecule has 22 heavy (non-hydrogen) atoms. The summed E-state index contributed by atoms with van der Waals surface area (Å²) in [6.07, 6.45) is 0. The minimum absolute atomic E-state index is 0.0329. The highest BCUT2D eigenvalue weighted by Gasteiger charge is 2.09. The quantitative estimate of drug-likeness (QED) is 0.889. The van der Waals surface area contributed by atoms with Gasteiger partial charge in [-0.3, -0.25) is 9.52 Å². The van der Waals surface area contributed by atoms with Crippen LogP contribution < -0.4 is 10.0 Å². The van der Waals surface area contributed by atoms with Crippen LogP contribution in [0.2, 0.25) is 0 Å². The van der Waals surface area contributed by atoms with E-state index in [1.807, 2.05) is 0 Å².